The second kappa shape index (κ2) is 7.40. The normalized spacial score (nSPS) is 10.7. The summed E-state index contributed by atoms with van der Waals surface area (Å²) in [6.45, 7) is 1.04. The monoisotopic (exact) mass is 327 g/mol. The van der Waals surface area contributed by atoms with Crippen molar-refractivity contribution in [2.45, 2.75) is 19.4 Å². The number of hydrogen-bond acceptors (Lipinski definition) is 5. The van der Waals surface area contributed by atoms with Crippen LogP contribution in [0.5, 0.6) is 0 Å². The lowest BCUT2D eigenvalue weighted by Crippen LogP contribution is -2.26. The Kier molecular flexibility index (Phi) is 4.85. The number of benzene rings is 1. The Morgan fingerprint density at radius 3 is 2.79 bits per heavy atom. The topological polar surface area (TPSA) is 106 Å². The van der Waals surface area contributed by atoms with E-state index in [1.54, 1.807) is 16.9 Å². The van der Waals surface area contributed by atoms with Gasteiger partial charge in [0.25, 0.3) is 5.91 Å². The van der Waals surface area contributed by atoms with Crippen molar-refractivity contribution in [1.29, 1.82) is 0 Å². The summed E-state index contributed by atoms with van der Waals surface area (Å²) in [5.74, 6) is -0.471. The molecule has 0 aliphatic rings. The molecule has 2 N–H and O–H groups in total. The van der Waals surface area contributed by atoms with Gasteiger partial charge >= 0.3 is 5.76 Å². The summed E-state index contributed by atoms with van der Waals surface area (Å²) < 4.78 is 6.13. The van der Waals surface area contributed by atoms with E-state index in [0.717, 1.165) is 6.42 Å². The second-order valence-corrected chi connectivity index (χ2v) is 5.25. The van der Waals surface area contributed by atoms with Crippen LogP contribution in [0.25, 0.3) is 0 Å². The number of carbonyl (C=O) groups is 1. The minimum Gasteiger partial charge on any atom is -0.350 e. The first-order valence-corrected chi connectivity index (χ1v) is 7.61. The smallest absolute Gasteiger partial charge is 0.350 e. The molecular formula is C16H17N5O3. The lowest BCUT2D eigenvalue weighted by molar-refractivity contribution is 0.0948. The molecule has 24 heavy (non-hydrogen) atoms. The predicted molar refractivity (Wildman–Crippen MR) is 85.5 cm³/mol. The number of aromatic nitrogens is 4. The fraction of sp³-hybridized carbons (Fsp3) is 0.250. The van der Waals surface area contributed by atoms with Gasteiger partial charge in [-0.2, -0.15) is 5.10 Å². The van der Waals surface area contributed by atoms with Crippen LogP contribution in [-0.2, 0) is 19.4 Å². The van der Waals surface area contributed by atoms with Gasteiger partial charge in [0.05, 0.1) is 0 Å². The number of carbonyl (C=O) groups excluding carboxylic acids is 1. The Morgan fingerprint density at radius 2 is 2.04 bits per heavy atom. The molecule has 0 bridgehead atoms. The zero-order valence-corrected chi connectivity index (χ0v) is 12.9. The van der Waals surface area contributed by atoms with E-state index in [-0.39, 0.29) is 5.91 Å². The van der Waals surface area contributed by atoms with Crippen LogP contribution in [0.2, 0.25) is 0 Å². The molecule has 0 aliphatic heterocycles. The molecule has 0 fully saturated rings. The minimum atomic E-state index is -0.603. The predicted octanol–water partition coefficient (Wildman–Crippen LogP) is 0.775. The number of hydrogen-bond donors (Lipinski definition) is 2. The van der Waals surface area contributed by atoms with Crippen LogP contribution in [-0.4, -0.2) is 32.4 Å². The van der Waals surface area contributed by atoms with E-state index in [9.17, 15) is 9.59 Å². The third kappa shape index (κ3) is 4.19. The summed E-state index contributed by atoms with van der Waals surface area (Å²) in [7, 11) is 0. The minimum absolute atomic E-state index is 0.265. The maximum absolute atomic E-state index is 12.0. The molecule has 124 valence electrons. The average molecular weight is 327 g/mol. The number of nitrogens with one attached hydrogen (secondary N) is 2. The maximum Gasteiger partial charge on any atom is 0.438 e. The molecule has 2 aromatic heterocycles. The van der Waals surface area contributed by atoms with Crippen molar-refractivity contribution >= 4 is 5.91 Å². The first-order chi connectivity index (χ1) is 11.7. The second-order valence-electron chi connectivity index (χ2n) is 5.25. The molecule has 0 saturated heterocycles. The molecule has 8 nitrogen and oxygen atoms in total. The molecule has 3 rings (SSSR count). The van der Waals surface area contributed by atoms with Gasteiger partial charge in [0, 0.05) is 25.7 Å². The molecule has 0 radical (unpaired) electrons. The van der Waals surface area contributed by atoms with Gasteiger partial charge in [0.2, 0.25) is 0 Å². The van der Waals surface area contributed by atoms with E-state index in [1.165, 1.54) is 5.56 Å². The number of aromatic amines is 1. The van der Waals surface area contributed by atoms with E-state index in [1.807, 2.05) is 18.2 Å². The highest BCUT2D eigenvalue weighted by atomic mass is 16.5. The van der Waals surface area contributed by atoms with Gasteiger partial charge < -0.3 is 5.32 Å². The Labute approximate surface area is 137 Å². The van der Waals surface area contributed by atoms with Crippen molar-refractivity contribution in [2.24, 2.45) is 0 Å². The third-order valence-electron chi connectivity index (χ3n) is 3.48. The Hall–Kier alpha value is -3.16. The van der Waals surface area contributed by atoms with Crippen LogP contribution in [0.4, 0.5) is 0 Å². The SMILES string of the molecule is O=C(NCCc1noc(=O)[nH]1)c1ccn(CCc2ccccc2)n1. The summed E-state index contributed by atoms with van der Waals surface area (Å²) in [6, 6.07) is 11.8. The van der Waals surface area contributed by atoms with Gasteiger partial charge in [-0.1, -0.05) is 35.5 Å². The molecule has 0 saturated carbocycles. The van der Waals surface area contributed by atoms with Gasteiger partial charge in [0.1, 0.15) is 5.69 Å². The largest absolute Gasteiger partial charge is 0.438 e. The van der Waals surface area contributed by atoms with Gasteiger partial charge in [-0.3, -0.25) is 19.0 Å². The Balaban J connectivity index is 1.47. The summed E-state index contributed by atoms with van der Waals surface area (Å²) in [5.41, 5.74) is 1.58. The molecule has 2 heterocycles. The Morgan fingerprint density at radius 1 is 1.21 bits per heavy atom. The van der Waals surface area contributed by atoms with Crippen molar-refractivity contribution in [3.8, 4) is 0 Å². The molecule has 0 aliphatic carbocycles. The summed E-state index contributed by atoms with van der Waals surface area (Å²) in [5, 5.41) is 10.5. The van der Waals surface area contributed by atoms with E-state index < -0.39 is 5.76 Å². The van der Waals surface area contributed by atoms with Crippen LogP contribution in [0.15, 0.2) is 51.9 Å². The molecule has 1 aromatic carbocycles. The number of H-pyrrole nitrogens is 1. The average Bonchev–Trinajstić information content (AvgIpc) is 3.23. The third-order valence-corrected chi connectivity index (χ3v) is 3.48. The fourth-order valence-corrected chi connectivity index (χ4v) is 2.25. The number of nitrogens with zero attached hydrogens (tertiary/aromatic N) is 3. The standard InChI is InChI=1S/C16H17N5O3/c22-15(17-9-6-14-18-16(23)24-20-14)13-8-11-21(19-13)10-7-12-4-2-1-3-5-12/h1-5,8,11H,6-7,9-10H2,(H,17,22)(H,18,20,23). The molecule has 0 spiro atoms. The molecular weight excluding hydrogens is 310 g/mol. The summed E-state index contributed by atoms with van der Waals surface area (Å²) >= 11 is 0. The molecule has 0 unspecified atom stereocenters. The quantitative estimate of drug-likeness (QED) is 0.667. The van der Waals surface area contributed by atoms with Gasteiger partial charge in [-0.25, -0.2) is 4.79 Å². The zero-order chi connectivity index (χ0) is 16.8. The first kappa shape index (κ1) is 15.7. The molecule has 0 atom stereocenters. The number of aryl methyl sites for hydroxylation is 2. The lowest BCUT2D eigenvalue weighted by Gasteiger charge is -2.02. The lowest BCUT2D eigenvalue weighted by atomic mass is 10.2. The molecule has 1 amide bonds. The van der Waals surface area contributed by atoms with E-state index in [2.05, 4.69) is 37.2 Å². The van der Waals surface area contributed by atoms with Crippen LogP contribution < -0.4 is 11.1 Å². The van der Waals surface area contributed by atoms with Crippen molar-refractivity contribution in [2.75, 3.05) is 6.54 Å². The fourth-order valence-electron chi connectivity index (χ4n) is 2.25. The van der Waals surface area contributed by atoms with Crippen LogP contribution >= 0.6 is 0 Å². The number of rotatable bonds is 7. The maximum atomic E-state index is 12.0. The van der Waals surface area contributed by atoms with Crippen LogP contribution in [0.1, 0.15) is 21.9 Å². The van der Waals surface area contributed by atoms with Crippen molar-refractivity contribution < 1.29 is 9.32 Å². The molecule has 8 heteroatoms. The summed E-state index contributed by atoms with van der Waals surface area (Å²) in [4.78, 5) is 25.2. The van der Waals surface area contributed by atoms with Gasteiger partial charge in [-0.15, -0.1) is 0 Å². The van der Waals surface area contributed by atoms with Gasteiger partial charge in [-0.05, 0) is 18.1 Å². The highest BCUT2D eigenvalue weighted by Gasteiger charge is 2.09. The highest BCUT2D eigenvalue weighted by molar-refractivity contribution is 5.92. The van der Waals surface area contributed by atoms with Crippen molar-refractivity contribution in [3.63, 3.8) is 0 Å². The van der Waals surface area contributed by atoms with Crippen molar-refractivity contribution in [3.05, 3.63) is 70.2 Å². The van der Waals surface area contributed by atoms with Gasteiger partial charge in [0.15, 0.2) is 5.82 Å². The van der Waals surface area contributed by atoms with E-state index in [4.69, 9.17) is 0 Å². The van der Waals surface area contributed by atoms with Crippen molar-refractivity contribution in [1.82, 2.24) is 25.2 Å². The van der Waals surface area contributed by atoms with Crippen LogP contribution in [0, 0.1) is 0 Å². The van der Waals surface area contributed by atoms with E-state index in [0.29, 0.717) is 31.0 Å². The van der Waals surface area contributed by atoms with Crippen LogP contribution in [0.3, 0.4) is 0 Å². The highest BCUT2D eigenvalue weighted by Crippen LogP contribution is 2.02. The number of amides is 1. The molecule has 3 aromatic rings. The zero-order valence-electron chi connectivity index (χ0n) is 12.9. The first-order valence-electron chi connectivity index (χ1n) is 7.61. The Bertz CT molecular complexity index is 850. The summed E-state index contributed by atoms with van der Waals surface area (Å²) in [6.07, 6.45) is 3.02. The van der Waals surface area contributed by atoms with E-state index >= 15 is 0 Å².